The summed E-state index contributed by atoms with van der Waals surface area (Å²) in [5.74, 6) is 11.1. The molecule has 5 N–H and O–H groups in total. The van der Waals surface area contributed by atoms with E-state index in [4.69, 9.17) is 11.7 Å². The molecule has 0 unspecified atom stereocenters. The van der Waals surface area contributed by atoms with E-state index >= 15 is 0 Å². The number of anilines is 1. The predicted molar refractivity (Wildman–Crippen MR) is 56.2 cm³/mol. The number of pyridine rings is 1. The summed E-state index contributed by atoms with van der Waals surface area (Å²) < 4.78 is 0.988. The molecule has 0 aliphatic rings. The van der Waals surface area contributed by atoms with Gasteiger partial charge >= 0.3 is 0 Å². The smallest absolute Gasteiger partial charge is 0.278 e. The molecule has 0 aliphatic carbocycles. The molecule has 5 nitrogen and oxygen atoms in total. The summed E-state index contributed by atoms with van der Waals surface area (Å²) in [5.41, 5.74) is 2.10. The van der Waals surface area contributed by atoms with Gasteiger partial charge in [-0.25, -0.2) is 10.5 Å². The highest BCUT2D eigenvalue weighted by molar-refractivity contribution is 5.83. The van der Waals surface area contributed by atoms with Gasteiger partial charge in [-0.05, 0) is 17.5 Å². The van der Waals surface area contributed by atoms with Gasteiger partial charge in [0.05, 0.1) is 0 Å². The van der Waals surface area contributed by atoms with Crippen LogP contribution in [0.4, 0.5) is 5.82 Å². The molecule has 2 aromatic rings. The molecule has 0 saturated heterocycles. The van der Waals surface area contributed by atoms with E-state index in [0.717, 1.165) is 10.1 Å². The second-order valence-electron chi connectivity index (χ2n) is 2.94. The maximum Gasteiger partial charge on any atom is 0.278 e. The first kappa shape index (κ1) is 8.58. The number of benzene rings is 1. The number of nitrogens with zero attached hydrogens (tertiary/aromatic N) is 1. The molecule has 72 valence electrons. The first-order valence-electron chi connectivity index (χ1n) is 4.10. The number of nitrogen functional groups attached to an aromatic ring is 2. The Morgan fingerprint density at radius 3 is 2.71 bits per heavy atom. The van der Waals surface area contributed by atoms with E-state index in [9.17, 15) is 4.79 Å². The average Bonchev–Trinajstić information content (AvgIpc) is 2.23. The lowest BCUT2D eigenvalue weighted by Gasteiger charge is -2.07. The van der Waals surface area contributed by atoms with Crippen LogP contribution < -0.4 is 22.7 Å². The van der Waals surface area contributed by atoms with Crippen molar-refractivity contribution >= 4 is 16.6 Å². The minimum Gasteiger partial charge on any atom is -0.335 e. The van der Waals surface area contributed by atoms with E-state index < -0.39 is 0 Å². The standard InChI is InChI=1S/C9H10N4O/c10-12-8-5-6-3-1-2-4-7(6)9(14)13(8)11/h1-5,12H,10-11H2. The van der Waals surface area contributed by atoms with Crippen molar-refractivity contribution in [3.8, 4) is 0 Å². The number of aromatic nitrogens is 1. The Bertz CT molecular complexity index is 532. The largest absolute Gasteiger partial charge is 0.335 e. The predicted octanol–water partition coefficient (Wildman–Crippen LogP) is 0.000900. The van der Waals surface area contributed by atoms with Gasteiger partial charge in [-0.3, -0.25) is 4.79 Å². The molecule has 0 fully saturated rings. The first-order chi connectivity index (χ1) is 6.74. The van der Waals surface area contributed by atoms with E-state index in [2.05, 4.69) is 5.43 Å². The molecule has 14 heavy (non-hydrogen) atoms. The van der Waals surface area contributed by atoms with Crippen LogP contribution in [0.15, 0.2) is 35.1 Å². The van der Waals surface area contributed by atoms with Crippen LogP contribution in [0.25, 0.3) is 10.8 Å². The minimum atomic E-state index is -0.268. The average molecular weight is 190 g/mol. The van der Waals surface area contributed by atoms with Crippen LogP contribution in [0.2, 0.25) is 0 Å². The SMILES string of the molecule is NNc1cc2ccccc2c(=O)n1N. The molecular formula is C9H10N4O. The summed E-state index contributed by atoms with van der Waals surface area (Å²) in [6, 6.07) is 8.91. The van der Waals surface area contributed by atoms with Gasteiger partial charge in [0.15, 0.2) is 0 Å². The maximum absolute atomic E-state index is 11.7. The van der Waals surface area contributed by atoms with E-state index in [1.54, 1.807) is 18.2 Å². The highest BCUT2D eigenvalue weighted by Crippen LogP contribution is 2.12. The van der Waals surface area contributed by atoms with Crippen LogP contribution in [0.3, 0.4) is 0 Å². The van der Waals surface area contributed by atoms with E-state index in [1.807, 2.05) is 12.1 Å². The fraction of sp³-hybridized carbons (Fsp3) is 0. The lowest BCUT2D eigenvalue weighted by atomic mass is 10.2. The number of fused-ring (bicyclic) bond motifs is 1. The van der Waals surface area contributed by atoms with Crippen LogP contribution in [-0.2, 0) is 0 Å². The number of hydrogen-bond donors (Lipinski definition) is 3. The normalized spacial score (nSPS) is 10.4. The fourth-order valence-electron chi connectivity index (χ4n) is 1.38. The molecule has 0 amide bonds. The van der Waals surface area contributed by atoms with Gasteiger partial charge in [0.1, 0.15) is 5.82 Å². The quantitative estimate of drug-likeness (QED) is 0.436. The van der Waals surface area contributed by atoms with Crippen LogP contribution in [0.5, 0.6) is 0 Å². The fourth-order valence-corrected chi connectivity index (χ4v) is 1.38. The van der Waals surface area contributed by atoms with Crippen molar-refractivity contribution in [3.63, 3.8) is 0 Å². The second kappa shape index (κ2) is 3.04. The minimum absolute atomic E-state index is 0.268. The Kier molecular flexibility index (Phi) is 1.86. The zero-order valence-corrected chi connectivity index (χ0v) is 7.40. The Morgan fingerprint density at radius 1 is 1.29 bits per heavy atom. The maximum atomic E-state index is 11.7. The van der Waals surface area contributed by atoms with E-state index in [-0.39, 0.29) is 5.56 Å². The number of nitrogens with two attached hydrogens (primary N) is 2. The third kappa shape index (κ3) is 1.11. The molecule has 1 heterocycles. The molecule has 0 atom stereocenters. The van der Waals surface area contributed by atoms with Crippen molar-refractivity contribution in [2.75, 3.05) is 11.3 Å². The second-order valence-corrected chi connectivity index (χ2v) is 2.94. The summed E-state index contributed by atoms with van der Waals surface area (Å²) in [6.45, 7) is 0. The number of hydrazine groups is 1. The van der Waals surface area contributed by atoms with Gasteiger partial charge in [-0.15, -0.1) is 0 Å². The van der Waals surface area contributed by atoms with E-state index in [0.29, 0.717) is 11.2 Å². The van der Waals surface area contributed by atoms with Crippen LogP contribution >= 0.6 is 0 Å². The molecule has 0 radical (unpaired) electrons. The summed E-state index contributed by atoms with van der Waals surface area (Å²) in [6.07, 6.45) is 0. The summed E-state index contributed by atoms with van der Waals surface area (Å²) in [4.78, 5) is 11.7. The topological polar surface area (TPSA) is 86.1 Å². The molecule has 0 aliphatic heterocycles. The molecule has 0 saturated carbocycles. The Hall–Kier alpha value is -2.01. The van der Waals surface area contributed by atoms with Gasteiger partial charge in [0.25, 0.3) is 5.56 Å². The van der Waals surface area contributed by atoms with Crippen molar-refractivity contribution in [2.45, 2.75) is 0 Å². The van der Waals surface area contributed by atoms with E-state index in [1.165, 1.54) is 0 Å². The Labute approximate surface area is 79.9 Å². The monoisotopic (exact) mass is 190 g/mol. The first-order valence-corrected chi connectivity index (χ1v) is 4.10. The number of rotatable bonds is 1. The van der Waals surface area contributed by atoms with Gasteiger partial charge in [0.2, 0.25) is 0 Å². The molecule has 2 rings (SSSR count). The van der Waals surface area contributed by atoms with Crippen molar-refractivity contribution < 1.29 is 0 Å². The van der Waals surface area contributed by atoms with Gasteiger partial charge in [0, 0.05) is 5.39 Å². The highest BCUT2D eigenvalue weighted by Gasteiger charge is 2.04. The summed E-state index contributed by atoms with van der Waals surface area (Å²) >= 11 is 0. The molecular weight excluding hydrogens is 180 g/mol. The van der Waals surface area contributed by atoms with Gasteiger partial charge in [-0.1, -0.05) is 18.2 Å². The lowest BCUT2D eigenvalue weighted by molar-refractivity contribution is 0.948. The lowest BCUT2D eigenvalue weighted by Crippen LogP contribution is -2.31. The zero-order chi connectivity index (χ0) is 10.1. The molecule has 0 bridgehead atoms. The van der Waals surface area contributed by atoms with Crippen molar-refractivity contribution in [2.24, 2.45) is 5.84 Å². The Morgan fingerprint density at radius 2 is 2.00 bits per heavy atom. The van der Waals surface area contributed by atoms with Crippen molar-refractivity contribution in [1.82, 2.24) is 4.68 Å². The van der Waals surface area contributed by atoms with Crippen molar-refractivity contribution in [3.05, 3.63) is 40.7 Å². The van der Waals surface area contributed by atoms with Crippen LogP contribution in [0, 0.1) is 0 Å². The molecule has 0 spiro atoms. The van der Waals surface area contributed by atoms with Gasteiger partial charge in [-0.2, -0.15) is 0 Å². The molecule has 5 heteroatoms. The van der Waals surface area contributed by atoms with Crippen LogP contribution in [-0.4, -0.2) is 4.68 Å². The highest BCUT2D eigenvalue weighted by atomic mass is 16.1. The third-order valence-corrected chi connectivity index (χ3v) is 2.11. The van der Waals surface area contributed by atoms with Crippen molar-refractivity contribution in [1.29, 1.82) is 0 Å². The van der Waals surface area contributed by atoms with Crippen LogP contribution in [0.1, 0.15) is 0 Å². The Balaban J connectivity index is 2.92. The van der Waals surface area contributed by atoms with Gasteiger partial charge < -0.3 is 11.3 Å². The summed E-state index contributed by atoms with van der Waals surface area (Å²) in [7, 11) is 0. The molecule has 1 aromatic carbocycles. The molecule has 1 aromatic heterocycles. The third-order valence-electron chi connectivity index (χ3n) is 2.11. The zero-order valence-electron chi connectivity index (χ0n) is 7.40. The number of nitrogens with one attached hydrogen (secondary N) is 1. The number of hydrogen-bond acceptors (Lipinski definition) is 4. The summed E-state index contributed by atoms with van der Waals surface area (Å²) in [5, 5.41) is 1.39.